The second-order valence-corrected chi connectivity index (χ2v) is 10.5. The van der Waals surface area contributed by atoms with Gasteiger partial charge in [-0.25, -0.2) is 4.98 Å². The second kappa shape index (κ2) is 11.3. The number of ether oxygens (including phenoxy) is 2. The normalized spacial score (nSPS) is 18.4. The molecule has 0 N–H and O–H groups in total. The molecule has 2 fully saturated rings. The van der Waals surface area contributed by atoms with E-state index >= 15 is 0 Å². The fourth-order valence-corrected chi connectivity index (χ4v) is 5.49. The number of amides is 1. The second-order valence-electron chi connectivity index (χ2n) is 10.5. The molecule has 3 aromatic heterocycles. The molecule has 2 aliphatic heterocycles. The molecule has 12 nitrogen and oxygen atoms in total. The average Bonchev–Trinajstić information content (AvgIpc) is 3.80. The van der Waals surface area contributed by atoms with Gasteiger partial charge in [-0.2, -0.15) is 4.80 Å². The number of fused-ring (bicyclic) bond motifs is 1. The number of pyridine rings is 1. The Hall–Kier alpha value is -4.68. The Morgan fingerprint density at radius 3 is 2.67 bits per heavy atom. The van der Waals surface area contributed by atoms with Gasteiger partial charge < -0.3 is 18.8 Å². The highest BCUT2D eigenvalue weighted by Gasteiger charge is 2.31. The van der Waals surface area contributed by atoms with Gasteiger partial charge in [0, 0.05) is 50.4 Å². The summed E-state index contributed by atoms with van der Waals surface area (Å²) in [6.45, 7) is 3.72. The summed E-state index contributed by atoms with van der Waals surface area (Å²) in [7, 11) is 1.76. The highest BCUT2D eigenvalue weighted by Crippen LogP contribution is 2.30. The van der Waals surface area contributed by atoms with E-state index in [0.29, 0.717) is 73.5 Å². The summed E-state index contributed by atoms with van der Waals surface area (Å²) in [4.78, 5) is 28.1. The molecule has 0 bridgehead atoms. The molecule has 5 aromatic rings. The zero-order valence-corrected chi connectivity index (χ0v) is 23.2. The summed E-state index contributed by atoms with van der Waals surface area (Å²) in [6.07, 6.45) is 2.54. The zero-order valence-electron chi connectivity index (χ0n) is 23.2. The average molecular weight is 567 g/mol. The van der Waals surface area contributed by atoms with Gasteiger partial charge in [-0.3, -0.25) is 14.7 Å². The molecule has 7 rings (SSSR count). The molecule has 2 aromatic carbocycles. The Morgan fingerprint density at radius 1 is 1.05 bits per heavy atom. The van der Waals surface area contributed by atoms with Crippen molar-refractivity contribution < 1.29 is 18.7 Å². The van der Waals surface area contributed by atoms with Gasteiger partial charge >= 0.3 is 0 Å². The van der Waals surface area contributed by atoms with Crippen molar-refractivity contribution in [1.82, 2.24) is 40.0 Å². The van der Waals surface area contributed by atoms with E-state index in [2.05, 4.69) is 42.4 Å². The monoisotopic (exact) mass is 566 g/mol. The van der Waals surface area contributed by atoms with Crippen molar-refractivity contribution in [2.45, 2.75) is 18.6 Å². The lowest BCUT2D eigenvalue weighted by Crippen LogP contribution is -2.50. The Bertz CT molecular complexity index is 1690. The van der Waals surface area contributed by atoms with Crippen molar-refractivity contribution in [3.05, 3.63) is 83.9 Å². The van der Waals surface area contributed by atoms with Crippen molar-refractivity contribution in [1.29, 1.82) is 0 Å². The molecule has 0 unspecified atom stereocenters. The lowest BCUT2D eigenvalue weighted by molar-refractivity contribution is 0.0586. The van der Waals surface area contributed by atoms with Crippen molar-refractivity contribution in [2.75, 3.05) is 39.4 Å². The van der Waals surface area contributed by atoms with Crippen LogP contribution in [0.3, 0.4) is 0 Å². The van der Waals surface area contributed by atoms with Gasteiger partial charge in [0.05, 0.1) is 26.3 Å². The minimum absolute atomic E-state index is 0.0531. The summed E-state index contributed by atoms with van der Waals surface area (Å²) in [6, 6.07) is 19.1. The number of rotatable bonds is 7. The fraction of sp³-hybridized carbons (Fsp3) is 0.333. The minimum Gasteiger partial charge on any atom is -0.488 e. The molecule has 214 valence electrons. The molecular weight excluding hydrogens is 536 g/mol. The number of hydrogen-bond acceptors (Lipinski definition) is 10. The molecule has 0 aliphatic carbocycles. The Labute approximate surface area is 241 Å². The number of carbonyl (C=O) groups excluding carboxylic acids is 1. The summed E-state index contributed by atoms with van der Waals surface area (Å²) >= 11 is 0. The van der Waals surface area contributed by atoms with Crippen LogP contribution in [-0.2, 0) is 11.8 Å². The molecule has 0 saturated carbocycles. The number of aryl methyl sites for hydroxylation is 1. The van der Waals surface area contributed by atoms with Gasteiger partial charge in [0.15, 0.2) is 11.4 Å². The highest BCUT2D eigenvalue weighted by atomic mass is 16.5. The van der Waals surface area contributed by atoms with E-state index < -0.39 is 0 Å². The Kier molecular flexibility index (Phi) is 7.06. The predicted octanol–water partition coefficient (Wildman–Crippen LogP) is 3.13. The zero-order chi connectivity index (χ0) is 28.5. The van der Waals surface area contributed by atoms with E-state index in [1.54, 1.807) is 25.4 Å². The van der Waals surface area contributed by atoms with Crippen LogP contribution < -0.4 is 4.74 Å². The Morgan fingerprint density at radius 2 is 1.90 bits per heavy atom. The summed E-state index contributed by atoms with van der Waals surface area (Å²) in [5, 5.41) is 12.8. The summed E-state index contributed by atoms with van der Waals surface area (Å²) in [5.41, 5.74) is 3.46. The SMILES string of the molecule is Cn1nnc([C@H](c2ccccc2)N2CCN(C(=O)c3cc(-c4nc5cc(O[C@@H]6CCOC6)ccc5o4)ccn3)CC2)n1. The fourth-order valence-electron chi connectivity index (χ4n) is 5.49. The van der Waals surface area contributed by atoms with E-state index in [-0.39, 0.29) is 18.1 Å². The quantitative estimate of drug-likeness (QED) is 0.290. The minimum atomic E-state index is -0.143. The van der Waals surface area contributed by atoms with Gasteiger partial charge in [-0.05, 0) is 35.0 Å². The maximum absolute atomic E-state index is 13.5. The molecule has 2 atom stereocenters. The molecular formula is C30H30N8O4. The van der Waals surface area contributed by atoms with Crippen molar-refractivity contribution in [3.63, 3.8) is 0 Å². The molecule has 42 heavy (non-hydrogen) atoms. The van der Waals surface area contributed by atoms with Crippen LogP contribution in [0.5, 0.6) is 5.75 Å². The van der Waals surface area contributed by atoms with E-state index in [9.17, 15) is 4.79 Å². The van der Waals surface area contributed by atoms with Crippen LogP contribution >= 0.6 is 0 Å². The molecule has 0 radical (unpaired) electrons. The van der Waals surface area contributed by atoms with E-state index in [4.69, 9.17) is 13.9 Å². The number of benzene rings is 2. The van der Waals surface area contributed by atoms with Crippen molar-refractivity contribution in [3.8, 4) is 17.2 Å². The first-order valence-corrected chi connectivity index (χ1v) is 14.0. The molecule has 2 aliphatic rings. The number of tetrazole rings is 1. The van der Waals surface area contributed by atoms with Gasteiger partial charge in [-0.15, -0.1) is 10.2 Å². The predicted molar refractivity (Wildman–Crippen MR) is 152 cm³/mol. The van der Waals surface area contributed by atoms with Gasteiger partial charge in [0.2, 0.25) is 5.89 Å². The van der Waals surface area contributed by atoms with Crippen LogP contribution in [0.1, 0.15) is 34.3 Å². The molecule has 1 amide bonds. The van der Waals surface area contributed by atoms with Crippen molar-refractivity contribution >= 4 is 17.0 Å². The molecule has 5 heterocycles. The third-order valence-corrected chi connectivity index (χ3v) is 7.63. The maximum atomic E-state index is 13.5. The first-order chi connectivity index (χ1) is 20.6. The maximum Gasteiger partial charge on any atom is 0.272 e. The number of hydrogen-bond donors (Lipinski definition) is 0. The molecule has 0 spiro atoms. The van der Waals surface area contributed by atoms with Crippen LogP contribution in [0.15, 0.2) is 71.3 Å². The van der Waals surface area contributed by atoms with Crippen LogP contribution in [-0.4, -0.2) is 91.4 Å². The van der Waals surface area contributed by atoms with Crippen molar-refractivity contribution in [2.24, 2.45) is 7.05 Å². The molecule has 2 saturated heterocycles. The largest absolute Gasteiger partial charge is 0.488 e. The number of carbonyl (C=O) groups is 1. The standard InChI is InChI=1S/C30H30N8O4/c1-36-34-28(33-35-36)27(20-5-3-2-4-6-20)37-12-14-38(15-13-37)30(39)25-17-21(9-11-31-25)29-32-24-18-22(7-8-26(24)42-29)41-23-10-16-40-19-23/h2-9,11,17-18,23,27H,10,12-16,19H2,1H3/t23-,27+/m1/s1. The number of nitrogens with zero attached hydrogens (tertiary/aromatic N) is 8. The Balaban J connectivity index is 1.05. The molecule has 12 heteroatoms. The lowest BCUT2D eigenvalue weighted by Gasteiger charge is -2.38. The number of piperazine rings is 1. The topological polar surface area (TPSA) is 125 Å². The number of aromatic nitrogens is 6. The highest BCUT2D eigenvalue weighted by molar-refractivity contribution is 5.93. The first-order valence-electron chi connectivity index (χ1n) is 14.0. The van der Waals surface area contributed by atoms with Crippen LogP contribution in [0, 0.1) is 0 Å². The van der Waals surface area contributed by atoms with Crippen LogP contribution in [0.4, 0.5) is 0 Å². The lowest BCUT2D eigenvalue weighted by atomic mass is 10.0. The van der Waals surface area contributed by atoms with E-state index in [1.165, 1.54) is 4.80 Å². The third kappa shape index (κ3) is 5.33. The first kappa shape index (κ1) is 26.2. The van der Waals surface area contributed by atoms with E-state index in [0.717, 1.165) is 17.7 Å². The third-order valence-electron chi connectivity index (χ3n) is 7.63. The summed E-state index contributed by atoms with van der Waals surface area (Å²) in [5.74, 6) is 1.67. The smallest absolute Gasteiger partial charge is 0.272 e. The van der Waals surface area contributed by atoms with Gasteiger partial charge in [0.1, 0.15) is 23.1 Å². The summed E-state index contributed by atoms with van der Waals surface area (Å²) < 4.78 is 17.4. The van der Waals surface area contributed by atoms with Crippen LogP contribution in [0.25, 0.3) is 22.6 Å². The van der Waals surface area contributed by atoms with Crippen LogP contribution in [0.2, 0.25) is 0 Å². The number of oxazole rings is 1. The van der Waals surface area contributed by atoms with Gasteiger partial charge in [0.25, 0.3) is 5.91 Å². The van der Waals surface area contributed by atoms with Gasteiger partial charge in [-0.1, -0.05) is 30.3 Å². The van der Waals surface area contributed by atoms with E-state index in [1.807, 2.05) is 41.3 Å².